The highest BCUT2D eigenvalue weighted by molar-refractivity contribution is 6.14. The lowest BCUT2D eigenvalue weighted by Gasteiger charge is -2.25. The third-order valence-electron chi connectivity index (χ3n) is 13.1. The van der Waals surface area contributed by atoms with Crippen LogP contribution in [0, 0.1) is 25.2 Å². The van der Waals surface area contributed by atoms with E-state index in [-0.39, 0.29) is 27.9 Å². The molecule has 0 aliphatic carbocycles. The number of nitriles is 1. The number of aryl methyl sites for hydroxylation is 2. The first-order chi connectivity index (χ1) is 32.8. The minimum atomic E-state index is -5.19. The minimum Gasteiger partial charge on any atom is -0.309 e. The molecular weight excluding hydrogens is 865 g/mol. The highest BCUT2D eigenvalue weighted by Crippen LogP contribution is 2.51. The van der Waals surface area contributed by atoms with E-state index in [1.807, 2.05) is 138 Å². The lowest BCUT2D eigenvalue weighted by molar-refractivity contribution is -0.142. The second-order valence-corrected chi connectivity index (χ2v) is 17.0. The van der Waals surface area contributed by atoms with Gasteiger partial charge in [0.25, 0.3) is 0 Å². The normalized spacial score (nSPS) is 12.1. The Morgan fingerprint density at radius 2 is 0.794 bits per heavy atom. The second-order valence-electron chi connectivity index (χ2n) is 17.0. The largest absolute Gasteiger partial charge is 0.417 e. The molecule has 11 rings (SSSR count). The third kappa shape index (κ3) is 6.74. The van der Waals surface area contributed by atoms with E-state index in [1.54, 1.807) is 24.3 Å². The van der Waals surface area contributed by atoms with Crippen molar-refractivity contribution in [3.63, 3.8) is 0 Å². The van der Waals surface area contributed by atoms with Gasteiger partial charge in [0, 0.05) is 38.2 Å². The van der Waals surface area contributed by atoms with Crippen molar-refractivity contribution in [3.05, 3.63) is 216 Å². The predicted molar refractivity (Wildman–Crippen MR) is 261 cm³/mol. The smallest absolute Gasteiger partial charge is 0.309 e. The Morgan fingerprint density at radius 3 is 1.28 bits per heavy atom. The van der Waals surface area contributed by atoms with Crippen molar-refractivity contribution in [3.8, 4) is 62.0 Å². The molecule has 2 heterocycles. The van der Waals surface area contributed by atoms with Crippen molar-refractivity contribution < 1.29 is 26.3 Å². The first kappa shape index (κ1) is 42.3. The van der Waals surface area contributed by atoms with Gasteiger partial charge in [0.15, 0.2) is 0 Å². The number of alkyl halides is 6. The number of nitrogens with zero attached hydrogens (tertiary/aromatic N) is 3. The van der Waals surface area contributed by atoms with Gasteiger partial charge in [0.2, 0.25) is 0 Å². The maximum Gasteiger partial charge on any atom is 0.417 e. The summed E-state index contributed by atoms with van der Waals surface area (Å²) >= 11 is 0. The van der Waals surface area contributed by atoms with Crippen molar-refractivity contribution in [2.24, 2.45) is 0 Å². The van der Waals surface area contributed by atoms with Crippen LogP contribution in [-0.2, 0) is 12.4 Å². The number of para-hydroxylation sites is 2. The van der Waals surface area contributed by atoms with E-state index >= 15 is 26.3 Å². The zero-order chi connectivity index (χ0) is 47.1. The first-order valence-electron chi connectivity index (χ1n) is 22.0. The number of hydrogen-bond donors (Lipinski definition) is 0. The Bertz CT molecular complexity index is 3850. The maximum atomic E-state index is 15.4. The molecule has 9 heteroatoms. The van der Waals surface area contributed by atoms with Gasteiger partial charge in [-0.25, -0.2) is 0 Å². The molecule has 0 amide bonds. The van der Waals surface area contributed by atoms with Crippen molar-refractivity contribution in [2.75, 3.05) is 0 Å². The van der Waals surface area contributed by atoms with Crippen molar-refractivity contribution in [1.29, 1.82) is 5.26 Å². The molecule has 0 radical (unpaired) electrons. The summed E-state index contributed by atoms with van der Waals surface area (Å²) in [5.74, 6) is 0. The van der Waals surface area contributed by atoms with Gasteiger partial charge < -0.3 is 9.13 Å². The monoisotopic (exact) mass is 901 g/mol. The lowest BCUT2D eigenvalue weighted by Crippen LogP contribution is -2.15. The molecule has 0 N–H and O–H groups in total. The topological polar surface area (TPSA) is 33.6 Å². The van der Waals surface area contributed by atoms with Crippen LogP contribution >= 0.6 is 0 Å². The molecule has 11 aromatic rings. The quantitative estimate of drug-likeness (QED) is 0.153. The van der Waals surface area contributed by atoms with Gasteiger partial charge in [-0.1, -0.05) is 121 Å². The summed E-state index contributed by atoms with van der Waals surface area (Å²) in [4.78, 5) is 0. The van der Waals surface area contributed by atoms with Crippen LogP contribution in [0.5, 0.6) is 0 Å². The first-order valence-corrected chi connectivity index (χ1v) is 22.0. The molecule has 0 spiro atoms. The molecule has 0 atom stereocenters. The molecule has 0 fully saturated rings. The molecule has 0 saturated heterocycles. The molecule has 0 bridgehead atoms. The van der Waals surface area contributed by atoms with Crippen LogP contribution in [0.15, 0.2) is 188 Å². The van der Waals surface area contributed by atoms with Crippen LogP contribution in [0.2, 0.25) is 0 Å². The van der Waals surface area contributed by atoms with E-state index in [9.17, 15) is 5.26 Å². The van der Waals surface area contributed by atoms with Crippen LogP contribution in [0.4, 0.5) is 26.3 Å². The Balaban J connectivity index is 1.30. The molecule has 9 aromatic carbocycles. The average molecular weight is 902 g/mol. The fourth-order valence-corrected chi connectivity index (χ4v) is 10.2. The van der Waals surface area contributed by atoms with Crippen LogP contribution in [-0.4, -0.2) is 9.13 Å². The molecule has 0 unspecified atom stereocenters. The van der Waals surface area contributed by atoms with Crippen LogP contribution < -0.4 is 0 Å². The van der Waals surface area contributed by atoms with Crippen LogP contribution in [0.25, 0.3) is 99.5 Å². The van der Waals surface area contributed by atoms with Gasteiger partial charge >= 0.3 is 12.4 Å². The SMILES string of the molecule is Cc1ccccc1-c1ccc2c(c1)c1ccccc1n2-c1cccc(C#N)c1-c1c(-c2c(C(F)(F)F)cccc2C(F)(F)F)cccc1-n1c2ccccc2c2cc(-c3ccccc3C)ccc21. The molecule has 0 aliphatic rings. The van der Waals surface area contributed by atoms with E-state index in [1.165, 1.54) is 12.1 Å². The Morgan fingerprint density at radius 1 is 0.382 bits per heavy atom. The van der Waals surface area contributed by atoms with Crippen molar-refractivity contribution >= 4 is 43.6 Å². The van der Waals surface area contributed by atoms with Gasteiger partial charge in [-0.3, -0.25) is 0 Å². The summed E-state index contributed by atoms with van der Waals surface area (Å²) in [7, 11) is 0. The molecule has 68 heavy (non-hydrogen) atoms. The molecule has 0 aliphatic heterocycles. The van der Waals surface area contributed by atoms with Gasteiger partial charge in [-0.2, -0.15) is 31.6 Å². The lowest BCUT2D eigenvalue weighted by atomic mass is 9.85. The second kappa shape index (κ2) is 15.9. The maximum absolute atomic E-state index is 15.4. The van der Waals surface area contributed by atoms with Crippen molar-refractivity contribution in [1.82, 2.24) is 9.13 Å². The molecule has 3 nitrogen and oxygen atoms in total. The molecular formula is C59H37F6N3. The number of rotatable bonds is 6. The Kier molecular flexibility index (Phi) is 9.90. The molecule has 0 saturated carbocycles. The molecule has 330 valence electrons. The van der Waals surface area contributed by atoms with Crippen LogP contribution in [0.1, 0.15) is 27.8 Å². The van der Waals surface area contributed by atoms with Crippen molar-refractivity contribution in [2.45, 2.75) is 26.2 Å². The number of halogens is 6. The van der Waals surface area contributed by atoms with Gasteiger partial charge in [0.1, 0.15) is 0 Å². The zero-order valence-corrected chi connectivity index (χ0v) is 36.5. The summed E-state index contributed by atoms with van der Waals surface area (Å²) in [5.41, 5.74) is 5.55. The highest BCUT2D eigenvalue weighted by Gasteiger charge is 2.42. The summed E-state index contributed by atoms with van der Waals surface area (Å²) in [6.07, 6.45) is -10.4. The average Bonchev–Trinajstić information content (AvgIpc) is 3.85. The summed E-state index contributed by atoms with van der Waals surface area (Å²) < 4.78 is 96.1. The highest BCUT2D eigenvalue weighted by atomic mass is 19.4. The third-order valence-corrected chi connectivity index (χ3v) is 13.1. The molecule has 2 aromatic heterocycles. The minimum absolute atomic E-state index is 0.0231. The van der Waals surface area contributed by atoms with E-state index in [4.69, 9.17) is 0 Å². The van der Waals surface area contributed by atoms with E-state index in [2.05, 4.69) is 24.3 Å². The fraction of sp³-hybridized carbons (Fsp3) is 0.0678. The summed E-state index contributed by atoms with van der Waals surface area (Å²) in [6.45, 7) is 4.07. The predicted octanol–water partition coefficient (Wildman–Crippen LogP) is 17.1. The summed E-state index contributed by atoms with van der Waals surface area (Å²) in [6, 6.07) is 57.4. The summed E-state index contributed by atoms with van der Waals surface area (Å²) in [5, 5.41) is 14.5. The van der Waals surface area contributed by atoms with E-state index in [0.29, 0.717) is 28.9 Å². The van der Waals surface area contributed by atoms with E-state index in [0.717, 1.165) is 72.0 Å². The van der Waals surface area contributed by atoms with Gasteiger partial charge in [-0.05, 0) is 120 Å². The number of aromatic nitrogens is 2. The van der Waals surface area contributed by atoms with Crippen LogP contribution in [0.3, 0.4) is 0 Å². The number of benzene rings is 9. The standard InChI is InChI=1S/C59H37F6N3/c1-35-14-3-5-17-40(35)37-28-30-51-45(32-37)42-19-7-9-24-49(42)67(51)53-26-11-16-39(34-66)55(53)57-44(56-47(58(60,61)62)22-13-23-48(56)59(63,64)65)21-12-27-54(57)68-50-25-10-8-20-43(50)46-33-38(29-31-52(46)68)41-18-6-4-15-36(41)2/h3-33H,1-2H3. The zero-order valence-electron chi connectivity index (χ0n) is 36.5. The Hall–Kier alpha value is -8.35. The number of hydrogen-bond acceptors (Lipinski definition) is 1. The van der Waals surface area contributed by atoms with E-state index < -0.39 is 29.0 Å². The fourth-order valence-electron chi connectivity index (χ4n) is 10.2. The Labute approximate surface area is 387 Å². The number of fused-ring (bicyclic) bond motifs is 6. The van der Waals surface area contributed by atoms with Gasteiger partial charge in [-0.15, -0.1) is 0 Å². The van der Waals surface area contributed by atoms with Gasteiger partial charge in [0.05, 0.1) is 56.2 Å².